The first kappa shape index (κ1) is 27.5. The predicted molar refractivity (Wildman–Crippen MR) is 148 cm³/mol. The summed E-state index contributed by atoms with van der Waals surface area (Å²) in [4.78, 5) is 52.7. The molecule has 4 aromatic rings. The molecule has 1 aliphatic carbocycles. The Morgan fingerprint density at radius 1 is 0.674 bits per heavy atom. The van der Waals surface area contributed by atoms with Gasteiger partial charge in [-0.25, -0.2) is 0 Å². The van der Waals surface area contributed by atoms with Gasteiger partial charge in [0.1, 0.15) is 21.6 Å². The quantitative estimate of drug-likeness (QED) is 0.135. The number of hydrogen-bond donors (Lipinski definition) is 0. The Morgan fingerprint density at radius 2 is 1.21 bits per heavy atom. The molecule has 2 heterocycles. The molecule has 0 aromatic heterocycles. The van der Waals surface area contributed by atoms with Crippen LogP contribution in [0, 0.1) is 28.6 Å². The van der Waals surface area contributed by atoms with Gasteiger partial charge in [0.15, 0.2) is 12.3 Å². The van der Waals surface area contributed by atoms with E-state index in [1.165, 1.54) is 30.3 Å². The monoisotopic (exact) mass is 621 g/mol. The average Bonchev–Trinajstić information content (AvgIpc) is 3.54. The zero-order chi connectivity index (χ0) is 30.3. The van der Waals surface area contributed by atoms with E-state index in [1.54, 1.807) is 54.6 Å². The van der Waals surface area contributed by atoms with Crippen LogP contribution in [0.4, 0.5) is 0 Å². The Labute approximate surface area is 244 Å². The van der Waals surface area contributed by atoms with Crippen molar-refractivity contribution >= 4 is 59.4 Å². The van der Waals surface area contributed by atoms with Crippen LogP contribution in [-0.2, 0) is 43.1 Å². The number of hydrogen-bond acceptors (Lipinski definition) is 10. The van der Waals surface area contributed by atoms with Gasteiger partial charge in [0, 0.05) is 20.4 Å². The molecule has 218 valence electrons. The van der Waals surface area contributed by atoms with Crippen LogP contribution in [-0.4, -0.2) is 57.0 Å². The van der Waals surface area contributed by atoms with E-state index >= 15 is 0 Å². The molecular weight excluding hydrogens is 600 g/mol. The third-order valence-electron chi connectivity index (χ3n) is 8.29. The summed E-state index contributed by atoms with van der Waals surface area (Å²) in [7, 11) is -9.28. The Morgan fingerprint density at radius 3 is 1.81 bits per heavy atom. The first-order chi connectivity index (χ1) is 20.5. The minimum absolute atomic E-state index is 0.0662. The topological polar surface area (TPSA) is 161 Å². The lowest BCUT2D eigenvalue weighted by molar-refractivity contribution is -0.603. The van der Waals surface area contributed by atoms with E-state index in [0.29, 0.717) is 21.5 Å². The zero-order valence-corrected chi connectivity index (χ0v) is 23.6. The molecule has 0 bridgehead atoms. The Balaban J connectivity index is 1.17. The van der Waals surface area contributed by atoms with Crippen LogP contribution in [0.1, 0.15) is 0 Å². The molecule has 2 amide bonds. The fourth-order valence-corrected chi connectivity index (χ4v) is 8.84. The van der Waals surface area contributed by atoms with E-state index in [0.717, 1.165) is 0 Å². The maximum absolute atomic E-state index is 13.5. The van der Waals surface area contributed by atoms with Gasteiger partial charge in [0.25, 0.3) is 11.8 Å². The molecule has 2 saturated heterocycles. The highest BCUT2D eigenvalue weighted by molar-refractivity contribution is 7.87. The second-order valence-electron chi connectivity index (χ2n) is 10.6. The highest BCUT2D eigenvalue weighted by atomic mass is 32.2. The third-order valence-corrected chi connectivity index (χ3v) is 10.9. The van der Waals surface area contributed by atoms with Crippen molar-refractivity contribution < 1.29 is 44.4 Å². The number of amides is 2. The number of ketones is 1. The zero-order valence-electron chi connectivity index (χ0n) is 22.0. The number of fused-ring (bicyclic) bond motifs is 5. The van der Waals surface area contributed by atoms with Gasteiger partial charge in [-0.3, -0.25) is 14.4 Å². The van der Waals surface area contributed by atoms with Gasteiger partial charge >= 0.3 is 26.5 Å². The van der Waals surface area contributed by atoms with Gasteiger partial charge in [-0.15, -0.1) is 9.35 Å². The molecule has 2 aliphatic heterocycles. The third kappa shape index (κ3) is 4.12. The molecule has 3 fully saturated rings. The number of rotatable bonds is 6. The van der Waals surface area contributed by atoms with Crippen LogP contribution in [0.25, 0.3) is 21.5 Å². The molecule has 0 radical (unpaired) electrons. The second-order valence-corrected chi connectivity index (χ2v) is 13.6. The summed E-state index contributed by atoms with van der Waals surface area (Å²) in [5.41, 5.74) is 0. The van der Waals surface area contributed by atoms with E-state index in [1.807, 2.05) is 0 Å². The van der Waals surface area contributed by atoms with Gasteiger partial charge < -0.3 is 0 Å². The summed E-state index contributed by atoms with van der Waals surface area (Å²) in [6, 6.07) is 22.1. The molecule has 43 heavy (non-hydrogen) atoms. The summed E-state index contributed by atoms with van der Waals surface area (Å²) in [5, 5.41) is 1.89. The Kier molecular flexibility index (Phi) is 6.11. The van der Waals surface area contributed by atoms with Gasteiger partial charge in [0.2, 0.25) is 0 Å². The number of nitroso groups, excluding NO2 is 1. The van der Waals surface area contributed by atoms with Crippen molar-refractivity contribution in [3.63, 3.8) is 0 Å². The van der Waals surface area contributed by atoms with Crippen LogP contribution >= 0.6 is 0 Å². The van der Waals surface area contributed by atoms with Crippen LogP contribution in [0.3, 0.4) is 0 Å². The number of imide groups is 1. The van der Waals surface area contributed by atoms with E-state index in [-0.39, 0.29) is 19.6 Å². The highest BCUT2D eigenvalue weighted by Gasteiger charge is 2.73. The molecule has 0 N–H and O–H groups in total. The average molecular weight is 622 g/mol. The van der Waals surface area contributed by atoms with Crippen molar-refractivity contribution in [3.05, 3.63) is 89.8 Å². The summed E-state index contributed by atoms with van der Waals surface area (Å²) in [5.74, 6) is -8.78. The summed E-state index contributed by atoms with van der Waals surface area (Å²) >= 11 is 0. The molecule has 14 heteroatoms. The Bertz CT molecular complexity index is 2120. The molecule has 1 saturated carbocycles. The van der Waals surface area contributed by atoms with Gasteiger partial charge in [-0.05, 0) is 22.9 Å². The molecule has 5 unspecified atom stereocenters. The molecule has 12 nitrogen and oxygen atoms in total. The number of Topliss-reactive ketones (excluding diaryl/α,β-unsaturated/α-hetero) is 1. The Hall–Kier alpha value is -4.37. The van der Waals surface area contributed by atoms with Crippen LogP contribution in [0.15, 0.2) is 94.7 Å². The summed E-state index contributed by atoms with van der Waals surface area (Å²) < 4.78 is 63.7. The first-order valence-electron chi connectivity index (χ1n) is 13.2. The molecule has 0 spiro atoms. The van der Waals surface area contributed by atoms with E-state index in [4.69, 9.17) is 8.47 Å². The highest BCUT2D eigenvalue weighted by Crippen LogP contribution is 2.51. The maximum Gasteiger partial charge on any atom is 0.329 e. The lowest BCUT2D eigenvalue weighted by Crippen LogP contribution is -2.39. The lowest BCUT2D eigenvalue weighted by Gasteiger charge is -2.17. The van der Waals surface area contributed by atoms with Crippen molar-refractivity contribution in [2.45, 2.75) is 16.0 Å². The normalized spacial score (nSPS) is 25.6. The van der Waals surface area contributed by atoms with Crippen molar-refractivity contribution in [2.75, 3.05) is 6.54 Å². The minimum Gasteiger partial charge on any atom is -0.298 e. The van der Waals surface area contributed by atoms with E-state index < -0.39 is 74.3 Å². The van der Waals surface area contributed by atoms with Gasteiger partial charge in [-0.1, -0.05) is 72.8 Å². The van der Waals surface area contributed by atoms with E-state index in [2.05, 4.69) is 0 Å². The standard InChI is InChI=1S/C29H21N2O10S2/c32-26-24-20(15-30(35)29(24)40-42(36,37)21-13-5-9-16-7-1-3-11-18(16)21)23-25(26)28(34)31(27(23)33)41-43(38,39)22-14-6-10-17-8-2-4-12-19(17)22/h1-14,20,23-25,29H,15H2/q+1. The smallest absolute Gasteiger partial charge is 0.298 e. The van der Waals surface area contributed by atoms with Crippen molar-refractivity contribution in [3.8, 4) is 0 Å². The summed E-state index contributed by atoms with van der Waals surface area (Å²) in [6.07, 6.45) is -1.82. The second kappa shape index (κ2) is 9.57. The first-order valence-corrected chi connectivity index (χ1v) is 16.0. The number of nitrogens with zero attached hydrogens (tertiary/aromatic N) is 2. The summed E-state index contributed by atoms with van der Waals surface area (Å²) in [6.45, 7) is -0.490. The largest absolute Gasteiger partial charge is 0.329 e. The van der Waals surface area contributed by atoms with Gasteiger partial charge in [0.05, 0.1) is 11.8 Å². The molecular formula is C29H21N2O10S2+. The predicted octanol–water partition coefficient (Wildman–Crippen LogP) is 2.55. The fraction of sp³-hybridized carbons (Fsp3) is 0.207. The maximum atomic E-state index is 13.5. The minimum atomic E-state index is -4.70. The lowest BCUT2D eigenvalue weighted by atomic mass is 9.90. The van der Waals surface area contributed by atoms with Gasteiger partial charge in [-0.2, -0.15) is 21.0 Å². The molecule has 3 aliphatic rings. The van der Waals surface area contributed by atoms with E-state index in [9.17, 15) is 36.1 Å². The van der Waals surface area contributed by atoms with Crippen LogP contribution in [0.2, 0.25) is 0 Å². The van der Waals surface area contributed by atoms with Crippen LogP contribution < -0.4 is 0 Å². The van der Waals surface area contributed by atoms with Crippen molar-refractivity contribution in [2.24, 2.45) is 23.7 Å². The molecule has 4 aromatic carbocycles. The number of carbonyl (C=O) groups is 3. The number of hydroxylamine groups is 2. The van der Waals surface area contributed by atoms with Crippen molar-refractivity contribution in [1.82, 2.24) is 5.06 Å². The molecule has 5 atom stereocenters. The number of benzene rings is 4. The molecule has 7 rings (SSSR count). The SMILES string of the molecule is O=C1C2C(=O)N(OS(=O)(=O)c3cccc4ccccc34)C(=O)C2C2C[N+](=O)C(OS(=O)(=O)c3cccc4ccccc34)C12. The fourth-order valence-electron chi connectivity index (χ4n) is 6.44. The number of carbonyl (C=O) groups excluding carboxylic acids is 3. The van der Waals surface area contributed by atoms with Crippen molar-refractivity contribution in [1.29, 1.82) is 0 Å². The van der Waals surface area contributed by atoms with Crippen LogP contribution in [0.5, 0.6) is 0 Å².